The van der Waals surface area contributed by atoms with E-state index < -0.39 is 41.9 Å². The summed E-state index contributed by atoms with van der Waals surface area (Å²) in [6, 6.07) is 5.86. The van der Waals surface area contributed by atoms with E-state index in [1.165, 1.54) is 25.3 Å². The molecule has 23 heavy (non-hydrogen) atoms. The van der Waals surface area contributed by atoms with Crippen molar-refractivity contribution in [2.45, 2.75) is 37.0 Å². The van der Waals surface area contributed by atoms with Gasteiger partial charge in [0.25, 0.3) is 5.69 Å². The minimum Gasteiger partial charge on any atom is -0.387 e. The van der Waals surface area contributed by atoms with Crippen molar-refractivity contribution in [1.82, 2.24) is 0 Å². The number of nitro benzene ring substituents is 1. The van der Waals surface area contributed by atoms with Gasteiger partial charge in [-0.05, 0) is 0 Å². The van der Waals surface area contributed by atoms with Gasteiger partial charge in [-0.2, -0.15) is 0 Å². The molecule has 2 N–H and O–H groups in total. The predicted molar refractivity (Wildman–Crippen MR) is 74.3 cm³/mol. The number of nitro groups is 1. The number of hydrogen-bond acceptors (Lipinski definition) is 8. The topological polar surface area (TPSA) is 121 Å². The van der Waals surface area contributed by atoms with Gasteiger partial charge in [0.15, 0.2) is 12.6 Å². The van der Waals surface area contributed by atoms with Crippen molar-refractivity contribution in [3.8, 4) is 0 Å². The Hall–Kier alpha value is -1.62. The van der Waals surface area contributed by atoms with Crippen LogP contribution in [0.25, 0.3) is 0 Å². The lowest BCUT2D eigenvalue weighted by molar-refractivity contribution is -0.385. The van der Waals surface area contributed by atoms with E-state index >= 15 is 0 Å². The zero-order valence-electron chi connectivity index (χ0n) is 12.3. The summed E-state index contributed by atoms with van der Waals surface area (Å²) in [7, 11) is 1.36. The third-order valence-corrected chi connectivity index (χ3v) is 3.92. The minimum absolute atomic E-state index is 0.0863. The molecule has 2 aliphatic heterocycles. The molecule has 2 saturated heterocycles. The molecule has 1 unspecified atom stereocenters. The zero-order chi connectivity index (χ0) is 16.6. The first-order valence-corrected chi connectivity index (χ1v) is 7.07. The van der Waals surface area contributed by atoms with Gasteiger partial charge in [-0.15, -0.1) is 0 Å². The lowest BCUT2D eigenvalue weighted by Crippen LogP contribution is -2.62. The van der Waals surface area contributed by atoms with Crippen LogP contribution in [0, 0.1) is 10.1 Å². The van der Waals surface area contributed by atoms with Crippen LogP contribution in [0.5, 0.6) is 0 Å². The van der Waals surface area contributed by atoms with Crippen molar-refractivity contribution in [2.75, 3.05) is 13.7 Å². The fourth-order valence-corrected chi connectivity index (χ4v) is 2.73. The van der Waals surface area contributed by atoms with Crippen molar-refractivity contribution in [3.05, 3.63) is 39.9 Å². The highest BCUT2D eigenvalue weighted by atomic mass is 16.7. The minimum atomic E-state index is -1.26. The zero-order valence-corrected chi connectivity index (χ0v) is 12.3. The molecule has 9 heteroatoms. The van der Waals surface area contributed by atoms with Gasteiger partial charge in [0.1, 0.15) is 24.4 Å². The number of aliphatic hydroxyl groups excluding tert-OH is 2. The quantitative estimate of drug-likeness (QED) is 0.592. The molecular weight excluding hydrogens is 310 g/mol. The Morgan fingerprint density at radius 1 is 1.30 bits per heavy atom. The Morgan fingerprint density at radius 2 is 2.09 bits per heavy atom. The molecule has 3 rings (SSSR count). The first-order valence-electron chi connectivity index (χ1n) is 7.07. The molecule has 0 saturated carbocycles. The molecule has 1 aromatic carbocycles. The molecule has 2 fully saturated rings. The highest BCUT2D eigenvalue weighted by Crippen LogP contribution is 2.34. The molecule has 0 radical (unpaired) electrons. The van der Waals surface area contributed by atoms with Crippen LogP contribution >= 0.6 is 0 Å². The van der Waals surface area contributed by atoms with Crippen molar-refractivity contribution in [3.63, 3.8) is 0 Å². The SMILES string of the molecule is CO[C@H]1O[C@@H]2COC(c3cccc([N+](=O)[O-])c3)O[C@H]2[C@H](O)[C@H]1O. The van der Waals surface area contributed by atoms with E-state index in [1.54, 1.807) is 6.07 Å². The Kier molecular flexibility index (Phi) is 4.57. The number of hydrogen-bond donors (Lipinski definition) is 2. The van der Waals surface area contributed by atoms with Crippen molar-refractivity contribution in [1.29, 1.82) is 0 Å². The molecule has 1 aromatic rings. The third-order valence-electron chi connectivity index (χ3n) is 3.92. The number of methoxy groups -OCH3 is 1. The lowest BCUT2D eigenvalue weighted by atomic mass is 9.98. The molecule has 2 heterocycles. The van der Waals surface area contributed by atoms with E-state index in [-0.39, 0.29) is 12.3 Å². The summed E-state index contributed by atoms with van der Waals surface area (Å²) in [5.41, 5.74) is 0.366. The average Bonchev–Trinajstić information content (AvgIpc) is 2.57. The number of non-ortho nitro benzene ring substituents is 1. The van der Waals surface area contributed by atoms with Crippen LogP contribution in [-0.2, 0) is 18.9 Å². The fourth-order valence-electron chi connectivity index (χ4n) is 2.73. The number of aliphatic hydroxyl groups is 2. The molecule has 0 bridgehead atoms. The van der Waals surface area contributed by atoms with E-state index in [9.17, 15) is 20.3 Å². The molecule has 2 aliphatic rings. The molecule has 0 spiro atoms. The van der Waals surface area contributed by atoms with Gasteiger partial charge in [-0.3, -0.25) is 10.1 Å². The highest BCUT2D eigenvalue weighted by molar-refractivity contribution is 5.35. The number of benzene rings is 1. The van der Waals surface area contributed by atoms with Crippen LogP contribution in [0.1, 0.15) is 11.9 Å². The second-order valence-electron chi connectivity index (χ2n) is 5.38. The maximum Gasteiger partial charge on any atom is 0.269 e. The Bertz CT molecular complexity index is 580. The predicted octanol–water partition coefficient (Wildman–Crippen LogP) is 0.102. The van der Waals surface area contributed by atoms with Crippen LogP contribution in [0.15, 0.2) is 24.3 Å². The van der Waals surface area contributed by atoms with E-state index in [0.717, 1.165) is 0 Å². The summed E-state index contributed by atoms with van der Waals surface area (Å²) in [6.07, 6.45) is -5.76. The van der Waals surface area contributed by atoms with Crippen molar-refractivity contribution >= 4 is 5.69 Å². The maximum absolute atomic E-state index is 10.8. The number of fused-ring (bicyclic) bond motifs is 1. The van der Waals surface area contributed by atoms with Gasteiger partial charge in [0.2, 0.25) is 0 Å². The average molecular weight is 327 g/mol. The Labute approximate surface area is 131 Å². The van der Waals surface area contributed by atoms with Crippen LogP contribution < -0.4 is 0 Å². The van der Waals surface area contributed by atoms with E-state index in [4.69, 9.17) is 18.9 Å². The molecule has 0 aliphatic carbocycles. The van der Waals surface area contributed by atoms with E-state index in [2.05, 4.69) is 0 Å². The second kappa shape index (κ2) is 6.48. The Morgan fingerprint density at radius 3 is 2.78 bits per heavy atom. The third kappa shape index (κ3) is 3.07. The van der Waals surface area contributed by atoms with Gasteiger partial charge < -0.3 is 29.2 Å². The standard InChI is InChI=1S/C14H17NO8/c1-20-14-11(17)10(16)12-9(22-14)6-21-13(23-12)7-3-2-4-8(5-7)15(18)19/h2-5,9-14,16-17H,6H2,1H3/t9-,10-,11-,12-,13?,14+/m1/s1. The van der Waals surface area contributed by atoms with Gasteiger partial charge in [-0.25, -0.2) is 0 Å². The van der Waals surface area contributed by atoms with Crippen molar-refractivity contribution < 1.29 is 34.1 Å². The number of ether oxygens (including phenoxy) is 4. The molecule has 6 atom stereocenters. The summed E-state index contributed by atoms with van der Waals surface area (Å²) in [5.74, 6) is 0. The molecule has 126 valence electrons. The van der Waals surface area contributed by atoms with Crippen LogP contribution in [0.2, 0.25) is 0 Å². The van der Waals surface area contributed by atoms with E-state index in [0.29, 0.717) is 5.56 Å². The largest absolute Gasteiger partial charge is 0.387 e. The number of rotatable bonds is 3. The summed E-state index contributed by atoms with van der Waals surface area (Å²) in [6.45, 7) is 0.0989. The molecule has 0 amide bonds. The molecule has 0 aromatic heterocycles. The van der Waals surface area contributed by atoms with Gasteiger partial charge in [0, 0.05) is 24.8 Å². The lowest BCUT2D eigenvalue weighted by Gasteiger charge is -2.45. The first-order chi connectivity index (χ1) is 11.0. The highest BCUT2D eigenvalue weighted by Gasteiger charge is 2.49. The number of nitrogens with zero attached hydrogens (tertiary/aromatic N) is 1. The fraction of sp³-hybridized carbons (Fsp3) is 0.571. The van der Waals surface area contributed by atoms with Crippen LogP contribution in [0.3, 0.4) is 0 Å². The van der Waals surface area contributed by atoms with Gasteiger partial charge in [0.05, 0.1) is 11.5 Å². The summed E-state index contributed by atoms with van der Waals surface area (Å²) in [5, 5.41) is 31.0. The normalized spacial score (nSPS) is 37.2. The van der Waals surface area contributed by atoms with Gasteiger partial charge >= 0.3 is 0 Å². The monoisotopic (exact) mass is 327 g/mol. The summed E-state index contributed by atoms with van der Waals surface area (Å²) in [4.78, 5) is 10.3. The Balaban J connectivity index is 1.77. The van der Waals surface area contributed by atoms with E-state index in [1.807, 2.05) is 0 Å². The smallest absolute Gasteiger partial charge is 0.269 e. The van der Waals surface area contributed by atoms with Gasteiger partial charge in [-0.1, -0.05) is 12.1 Å². The summed E-state index contributed by atoms with van der Waals surface area (Å²) >= 11 is 0. The van der Waals surface area contributed by atoms with Crippen LogP contribution in [0.4, 0.5) is 5.69 Å². The van der Waals surface area contributed by atoms with Crippen molar-refractivity contribution in [2.24, 2.45) is 0 Å². The molecular formula is C14H17NO8. The van der Waals surface area contributed by atoms with Crippen LogP contribution in [-0.4, -0.2) is 59.6 Å². The first kappa shape index (κ1) is 16.2. The molecule has 9 nitrogen and oxygen atoms in total. The second-order valence-corrected chi connectivity index (χ2v) is 5.38. The summed E-state index contributed by atoms with van der Waals surface area (Å²) < 4.78 is 21.6. The maximum atomic E-state index is 10.8.